The summed E-state index contributed by atoms with van der Waals surface area (Å²) in [4.78, 5) is 13.5. The summed E-state index contributed by atoms with van der Waals surface area (Å²) in [6.45, 7) is 5.00. The zero-order valence-electron chi connectivity index (χ0n) is 24.2. The average Bonchev–Trinajstić information content (AvgIpc) is 3.75. The van der Waals surface area contributed by atoms with Gasteiger partial charge in [-0.15, -0.1) is 0 Å². The van der Waals surface area contributed by atoms with E-state index in [9.17, 15) is 10.0 Å². The quantitative estimate of drug-likeness (QED) is 0.114. The molecule has 3 aromatic rings. The molecule has 4 rings (SSSR count). The van der Waals surface area contributed by atoms with E-state index in [4.69, 9.17) is 49.0 Å². The number of amides is 1. The standard InChI is InChI=1S/C32H37Cl3N2O5/c1-21-15-27(33)30(28(34)16-21)42-14-13-41-26-10-6-22(7-11-26)18-32(2,31(38)36-24-8-9-24)19-23-17-25(5-4-12-40-3)37(39)20-29(23)35/h6-7,10-11,15-17,20,24H,4-5,8-9,12-14,18-19H2,1-3H3,(H,36,38). The Morgan fingerprint density at radius 3 is 2.31 bits per heavy atom. The molecule has 1 atom stereocenters. The maximum absolute atomic E-state index is 13.5. The molecule has 42 heavy (non-hydrogen) atoms. The highest BCUT2D eigenvalue weighted by Gasteiger charge is 2.38. The number of pyridine rings is 1. The molecule has 0 spiro atoms. The molecule has 1 aliphatic rings. The number of aromatic nitrogens is 1. The largest absolute Gasteiger partial charge is 0.618 e. The molecule has 1 N–H and O–H groups in total. The number of nitrogens with zero attached hydrogens (tertiary/aromatic N) is 1. The van der Waals surface area contributed by atoms with Crippen LogP contribution in [0.3, 0.4) is 0 Å². The first-order valence-corrected chi connectivity index (χ1v) is 15.2. The number of ether oxygens (including phenoxy) is 3. The van der Waals surface area contributed by atoms with Crippen molar-refractivity contribution in [1.82, 2.24) is 5.32 Å². The van der Waals surface area contributed by atoms with Crippen molar-refractivity contribution < 1.29 is 23.7 Å². The van der Waals surface area contributed by atoms with Crippen LogP contribution >= 0.6 is 34.8 Å². The monoisotopic (exact) mass is 634 g/mol. The third kappa shape index (κ3) is 8.90. The summed E-state index contributed by atoms with van der Waals surface area (Å²) in [5.74, 6) is 1.10. The maximum Gasteiger partial charge on any atom is 0.226 e. The first-order chi connectivity index (χ1) is 20.1. The smallest absolute Gasteiger partial charge is 0.226 e. The topological polar surface area (TPSA) is 83.7 Å². The van der Waals surface area contributed by atoms with E-state index in [1.807, 2.05) is 44.2 Å². The minimum absolute atomic E-state index is 0.0215. The van der Waals surface area contributed by atoms with Gasteiger partial charge in [0.1, 0.15) is 24.0 Å². The number of aryl methyl sites for hydroxylation is 2. The van der Waals surface area contributed by atoms with Gasteiger partial charge in [-0.2, -0.15) is 4.73 Å². The highest BCUT2D eigenvalue weighted by Crippen LogP contribution is 2.35. The number of nitrogens with one attached hydrogen (secondary N) is 1. The Bertz CT molecular complexity index is 1360. The van der Waals surface area contributed by atoms with Gasteiger partial charge >= 0.3 is 0 Å². The van der Waals surface area contributed by atoms with Gasteiger partial charge in [-0.25, -0.2) is 0 Å². The summed E-state index contributed by atoms with van der Waals surface area (Å²) in [6, 6.07) is 13.3. The number of carbonyl (C=O) groups excluding carboxylic acids is 1. The molecule has 1 heterocycles. The molecule has 1 aliphatic carbocycles. The first kappa shape index (κ1) is 32.2. The van der Waals surface area contributed by atoms with Crippen LogP contribution in [0.5, 0.6) is 11.5 Å². The summed E-state index contributed by atoms with van der Waals surface area (Å²) in [6.07, 6.45) is 5.52. The van der Waals surface area contributed by atoms with Gasteiger partial charge in [0.25, 0.3) is 0 Å². The van der Waals surface area contributed by atoms with E-state index in [0.717, 1.165) is 34.3 Å². The Morgan fingerprint density at radius 2 is 1.67 bits per heavy atom. The van der Waals surface area contributed by atoms with Crippen LogP contribution in [0.15, 0.2) is 48.7 Å². The van der Waals surface area contributed by atoms with Crippen LogP contribution in [0.1, 0.15) is 48.6 Å². The summed E-state index contributed by atoms with van der Waals surface area (Å²) in [7, 11) is 1.63. The lowest BCUT2D eigenvalue weighted by molar-refractivity contribution is -0.614. The second-order valence-corrected chi connectivity index (χ2v) is 12.3. The lowest BCUT2D eigenvalue weighted by Crippen LogP contribution is -2.43. The Hall–Kier alpha value is -2.71. The van der Waals surface area contributed by atoms with Gasteiger partial charge in [0.05, 0.1) is 15.5 Å². The van der Waals surface area contributed by atoms with Crippen molar-refractivity contribution in [2.75, 3.05) is 26.9 Å². The molecule has 2 aromatic carbocycles. The van der Waals surface area contributed by atoms with Crippen LogP contribution in [0.2, 0.25) is 15.1 Å². The fourth-order valence-electron chi connectivity index (χ4n) is 4.83. The number of hydrogen-bond acceptors (Lipinski definition) is 5. The number of carbonyl (C=O) groups is 1. The van der Waals surface area contributed by atoms with Gasteiger partial charge in [0.15, 0.2) is 17.6 Å². The summed E-state index contributed by atoms with van der Waals surface area (Å²) in [5, 5.41) is 16.9. The SMILES string of the molecule is COCCCc1cc(CC(C)(Cc2ccc(OCCOc3c(Cl)cc(C)cc3Cl)cc2)C(=O)NC2CC2)c(Cl)c[n+]1[O-]. The van der Waals surface area contributed by atoms with E-state index < -0.39 is 5.41 Å². The molecule has 0 radical (unpaired) electrons. The van der Waals surface area contributed by atoms with Crippen molar-refractivity contribution in [3.63, 3.8) is 0 Å². The Labute approximate surface area is 262 Å². The molecule has 226 valence electrons. The molecule has 1 fully saturated rings. The van der Waals surface area contributed by atoms with E-state index in [2.05, 4.69) is 5.32 Å². The molecule has 7 nitrogen and oxygen atoms in total. The number of halogens is 3. The lowest BCUT2D eigenvalue weighted by atomic mass is 9.77. The van der Waals surface area contributed by atoms with Crippen LogP contribution in [0, 0.1) is 17.5 Å². The molecule has 0 aliphatic heterocycles. The molecule has 1 amide bonds. The van der Waals surface area contributed by atoms with Gasteiger partial charge in [0.2, 0.25) is 5.91 Å². The summed E-state index contributed by atoms with van der Waals surface area (Å²) >= 11 is 19.0. The molecule has 1 saturated carbocycles. The predicted octanol–water partition coefficient (Wildman–Crippen LogP) is 6.70. The van der Waals surface area contributed by atoms with Crippen molar-refractivity contribution in [2.45, 2.75) is 58.4 Å². The second-order valence-electron chi connectivity index (χ2n) is 11.1. The minimum Gasteiger partial charge on any atom is -0.618 e. The first-order valence-electron chi connectivity index (χ1n) is 14.1. The highest BCUT2D eigenvalue weighted by molar-refractivity contribution is 6.37. The van der Waals surface area contributed by atoms with Crippen LogP contribution in [0.25, 0.3) is 0 Å². The van der Waals surface area contributed by atoms with Gasteiger partial charge in [-0.3, -0.25) is 4.79 Å². The van der Waals surface area contributed by atoms with Crippen LogP contribution in [-0.2, 0) is 28.8 Å². The third-order valence-corrected chi connectivity index (χ3v) is 8.14. The minimum atomic E-state index is -0.784. The van der Waals surface area contributed by atoms with E-state index >= 15 is 0 Å². The number of rotatable bonds is 15. The van der Waals surface area contributed by atoms with Crippen LogP contribution < -0.4 is 19.5 Å². The number of hydrogen-bond donors (Lipinski definition) is 1. The van der Waals surface area contributed by atoms with E-state index in [0.29, 0.717) is 71.2 Å². The highest BCUT2D eigenvalue weighted by atomic mass is 35.5. The zero-order chi connectivity index (χ0) is 30.3. The summed E-state index contributed by atoms with van der Waals surface area (Å²) in [5.41, 5.74) is 2.54. The van der Waals surface area contributed by atoms with Crippen molar-refractivity contribution in [3.05, 3.63) is 91.3 Å². The molecular formula is C32H37Cl3N2O5. The molecule has 10 heteroatoms. The lowest BCUT2D eigenvalue weighted by Gasteiger charge is -2.29. The van der Waals surface area contributed by atoms with Gasteiger partial charge in [-0.05, 0) is 80.0 Å². The fraction of sp³-hybridized carbons (Fsp3) is 0.438. The number of benzene rings is 2. The zero-order valence-corrected chi connectivity index (χ0v) is 26.5. The Kier molecular flexibility index (Phi) is 11.2. The van der Waals surface area contributed by atoms with Gasteiger partial charge in [0, 0.05) is 32.2 Å². The molecule has 1 unspecified atom stereocenters. The van der Waals surface area contributed by atoms with Crippen molar-refractivity contribution in [3.8, 4) is 11.5 Å². The fourth-order valence-corrected chi connectivity index (χ4v) is 5.75. The van der Waals surface area contributed by atoms with E-state index in [1.54, 1.807) is 19.2 Å². The molecular weight excluding hydrogens is 599 g/mol. The van der Waals surface area contributed by atoms with Gasteiger partial charge < -0.3 is 24.7 Å². The predicted molar refractivity (Wildman–Crippen MR) is 166 cm³/mol. The maximum atomic E-state index is 13.5. The van der Waals surface area contributed by atoms with Crippen molar-refractivity contribution in [1.29, 1.82) is 0 Å². The van der Waals surface area contributed by atoms with Crippen LogP contribution in [0.4, 0.5) is 0 Å². The van der Waals surface area contributed by atoms with Crippen molar-refractivity contribution >= 4 is 40.7 Å². The second kappa shape index (κ2) is 14.6. The van der Waals surface area contributed by atoms with Crippen LogP contribution in [-0.4, -0.2) is 38.9 Å². The molecule has 0 bridgehead atoms. The Morgan fingerprint density at radius 1 is 1.00 bits per heavy atom. The Balaban J connectivity index is 1.41. The van der Waals surface area contributed by atoms with Crippen molar-refractivity contribution in [2.24, 2.45) is 5.41 Å². The molecule has 1 aromatic heterocycles. The van der Waals surface area contributed by atoms with Gasteiger partial charge in [-0.1, -0.05) is 53.9 Å². The molecule has 0 saturated heterocycles. The third-order valence-electron chi connectivity index (χ3n) is 7.24. The normalized spacial score (nSPS) is 14.3. The van der Waals surface area contributed by atoms with E-state index in [1.165, 1.54) is 6.20 Å². The number of methoxy groups -OCH3 is 1. The average molecular weight is 636 g/mol. The summed E-state index contributed by atoms with van der Waals surface area (Å²) < 4.78 is 17.5. The van der Waals surface area contributed by atoms with E-state index in [-0.39, 0.29) is 18.6 Å².